The molecule has 3 heterocycles. The molecule has 0 bridgehead atoms. The summed E-state index contributed by atoms with van der Waals surface area (Å²) in [7, 11) is 1.73. The lowest BCUT2D eigenvalue weighted by Gasteiger charge is -2.49. The van der Waals surface area contributed by atoms with Crippen LogP contribution in [0.4, 0.5) is 0 Å². The zero-order chi connectivity index (χ0) is 24.4. The lowest BCUT2D eigenvalue weighted by molar-refractivity contribution is -0.156. The normalized spacial score (nSPS) is 19.5. The molecule has 3 aromatic rings. The van der Waals surface area contributed by atoms with Crippen LogP contribution in [0.15, 0.2) is 77.1 Å². The molecule has 0 saturated carbocycles. The Morgan fingerprint density at radius 3 is 2.43 bits per heavy atom. The van der Waals surface area contributed by atoms with E-state index in [1.807, 2.05) is 60.7 Å². The number of aromatic nitrogens is 4. The molecule has 2 aromatic carbocycles. The van der Waals surface area contributed by atoms with E-state index in [-0.39, 0.29) is 11.6 Å². The van der Waals surface area contributed by atoms with Crippen LogP contribution in [0.2, 0.25) is 0 Å². The Kier molecular flexibility index (Phi) is 6.86. The van der Waals surface area contributed by atoms with E-state index in [1.54, 1.807) is 11.7 Å². The summed E-state index contributed by atoms with van der Waals surface area (Å²) in [5.41, 5.74) is 4.65. The Balaban J connectivity index is 1.48. The molecule has 2 aliphatic rings. The number of esters is 1. The highest BCUT2D eigenvalue weighted by atomic mass is 32.2. The summed E-state index contributed by atoms with van der Waals surface area (Å²) in [6.07, 6.45) is -0.648. The van der Waals surface area contributed by atoms with Crippen LogP contribution in [-0.4, -0.2) is 65.1 Å². The van der Waals surface area contributed by atoms with Gasteiger partial charge in [-0.1, -0.05) is 72.4 Å². The second-order valence-electron chi connectivity index (χ2n) is 7.95. The monoisotopic (exact) mass is 510 g/mol. The van der Waals surface area contributed by atoms with E-state index < -0.39 is 23.5 Å². The van der Waals surface area contributed by atoms with Gasteiger partial charge >= 0.3 is 5.97 Å². The molecule has 1 fully saturated rings. The maximum atomic E-state index is 13.7. The predicted octanol–water partition coefficient (Wildman–Crippen LogP) is 2.15. The fourth-order valence-corrected chi connectivity index (χ4v) is 6.34. The number of carbonyl (C=O) groups excluding carboxylic acids is 2. The maximum Gasteiger partial charge on any atom is 0.356 e. The van der Waals surface area contributed by atoms with Gasteiger partial charge in [0.2, 0.25) is 5.16 Å². The maximum absolute atomic E-state index is 13.7. The van der Waals surface area contributed by atoms with Gasteiger partial charge in [-0.2, -0.15) is 5.48 Å². The second kappa shape index (κ2) is 10.2. The number of hydrogen-bond donors (Lipinski definition) is 2. The molecule has 1 amide bonds. The molecule has 12 heteroatoms. The largest absolute Gasteiger partial charge is 0.448 e. The number of rotatable bonds is 8. The van der Waals surface area contributed by atoms with Gasteiger partial charge in [0, 0.05) is 18.6 Å². The molecule has 180 valence electrons. The fraction of sp³-hybridized carbons (Fsp3) is 0.261. The topological polar surface area (TPSA) is 122 Å². The van der Waals surface area contributed by atoms with E-state index in [0.717, 1.165) is 16.7 Å². The number of hydroxylamine groups is 1. The average molecular weight is 511 g/mol. The molecule has 2 atom stereocenters. The summed E-state index contributed by atoms with van der Waals surface area (Å²) in [6, 6.07) is 18.2. The van der Waals surface area contributed by atoms with Crippen LogP contribution in [-0.2, 0) is 21.4 Å². The van der Waals surface area contributed by atoms with E-state index in [2.05, 4.69) is 21.0 Å². The van der Waals surface area contributed by atoms with Crippen molar-refractivity contribution in [2.45, 2.75) is 22.7 Å². The molecular formula is C23H22N6O4S2. The summed E-state index contributed by atoms with van der Waals surface area (Å²) < 4.78 is 7.63. The van der Waals surface area contributed by atoms with Crippen molar-refractivity contribution in [2.24, 2.45) is 7.05 Å². The Hall–Kier alpha value is -3.19. The minimum atomic E-state index is -0.765. The molecule has 0 radical (unpaired) electrons. The molecule has 5 rings (SSSR count). The molecule has 0 unspecified atom stereocenters. The van der Waals surface area contributed by atoms with Gasteiger partial charge in [-0.3, -0.25) is 9.69 Å². The SMILES string of the molecule is Cn1nnnc1SCC1=C(C(=O)OC(c2ccccc2)c2ccccc2)N2C(=O)[C@@H](NO)[C@@H]2SC1. The van der Waals surface area contributed by atoms with E-state index in [1.165, 1.54) is 28.4 Å². The molecule has 1 aromatic heterocycles. The minimum Gasteiger partial charge on any atom is -0.448 e. The lowest BCUT2D eigenvalue weighted by Crippen LogP contribution is -2.69. The van der Waals surface area contributed by atoms with Gasteiger partial charge in [0.1, 0.15) is 17.1 Å². The highest BCUT2D eigenvalue weighted by Gasteiger charge is 2.54. The number of carbonyl (C=O) groups is 2. The van der Waals surface area contributed by atoms with Crippen molar-refractivity contribution < 1.29 is 19.5 Å². The highest BCUT2D eigenvalue weighted by Crippen LogP contribution is 2.42. The second-order valence-corrected chi connectivity index (χ2v) is 10.00. The molecule has 0 spiro atoms. The first-order valence-corrected chi connectivity index (χ1v) is 12.8. The summed E-state index contributed by atoms with van der Waals surface area (Å²) in [5.74, 6) is -0.0721. The number of nitrogens with one attached hydrogen (secondary N) is 1. The van der Waals surface area contributed by atoms with Crippen LogP contribution in [0, 0.1) is 0 Å². The zero-order valence-electron chi connectivity index (χ0n) is 18.6. The third kappa shape index (κ3) is 4.57. The van der Waals surface area contributed by atoms with Crippen molar-refractivity contribution in [3.8, 4) is 0 Å². The van der Waals surface area contributed by atoms with Gasteiger partial charge in [0.25, 0.3) is 5.91 Å². The van der Waals surface area contributed by atoms with Crippen LogP contribution in [0.25, 0.3) is 0 Å². The quantitative estimate of drug-likeness (QED) is 0.202. The van der Waals surface area contributed by atoms with Crippen molar-refractivity contribution in [3.63, 3.8) is 0 Å². The van der Waals surface area contributed by atoms with Crippen molar-refractivity contribution in [1.29, 1.82) is 0 Å². The van der Waals surface area contributed by atoms with Crippen LogP contribution < -0.4 is 5.48 Å². The first-order valence-electron chi connectivity index (χ1n) is 10.8. The van der Waals surface area contributed by atoms with Crippen molar-refractivity contribution in [1.82, 2.24) is 30.6 Å². The molecule has 2 N–H and O–H groups in total. The number of amides is 1. The minimum absolute atomic E-state index is 0.213. The molecular weight excluding hydrogens is 488 g/mol. The van der Waals surface area contributed by atoms with Crippen LogP contribution in [0.3, 0.4) is 0 Å². The first kappa shape index (κ1) is 23.5. The van der Waals surface area contributed by atoms with Gasteiger partial charge in [-0.25, -0.2) is 9.48 Å². The number of thioether (sulfide) groups is 2. The van der Waals surface area contributed by atoms with E-state index in [9.17, 15) is 14.8 Å². The van der Waals surface area contributed by atoms with Crippen molar-refractivity contribution >= 4 is 35.4 Å². The van der Waals surface area contributed by atoms with Crippen LogP contribution in [0.5, 0.6) is 0 Å². The Morgan fingerprint density at radius 2 is 1.86 bits per heavy atom. The smallest absolute Gasteiger partial charge is 0.356 e. The Morgan fingerprint density at radius 1 is 1.20 bits per heavy atom. The predicted molar refractivity (Wildman–Crippen MR) is 129 cm³/mol. The van der Waals surface area contributed by atoms with E-state index in [4.69, 9.17) is 4.74 Å². The number of tetrazole rings is 1. The lowest BCUT2D eigenvalue weighted by atomic mass is 10.0. The van der Waals surface area contributed by atoms with Gasteiger partial charge in [-0.05, 0) is 27.1 Å². The van der Waals surface area contributed by atoms with Crippen molar-refractivity contribution in [2.75, 3.05) is 11.5 Å². The highest BCUT2D eigenvalue weighted by molar-refractivity contribution is 8.01. The van der Waals surface area contributed by atoms with Crippen molar-refractivity contribution in [3.05, 3.63) is 83.1 Å². The number of nitrogens with zero attached hydrogens (tertiary/aromatic N) is 5. The molecule has 10 nitrogen and oxygen atoms in total. The molecule has 1 saturated heterocycles. The summed E-state index contributed by atoms with van der Waals surface area (Å²) in [5, 5.41) is 21.1. The zero-order valence-corrected chi connectivity index (χ0v) is 20.3. The van der Waals surface area contributed by atoms with Gasteiger partial charge in [-0.15, -0.1) is 16.9 Å². The Labute approximate surface area is 209 Å². The number of hydrogen-bond acceptors (Lipinski definition) is 10. The van der Waals surface area contributed by atoms with Gasteiger partial charge < -0.3 is 9.94 Å². The van der Waals surface area contributed by atoms with Gasteiger partial charge in [0.05, 0.1) is 0 Å². The van der Waals surface area contributed by atoms with Gasteiger partial charge in [0.15, 0.2) is 6.10 Å². The third-order valence-corrected chi connectivity index (χ3v) is 8.20. The van der Waals surface area contributed by atoms with Crippen LogP contribution in [0.1, 0.15) is 17.2 Å². The average Bonchev–Trinajstić information content (AvgIpc) is 3.31. The molecule has 2 aliphatic heterocycles. The fourth-order valence-electron chi connectivity index (χ4n) is 4.01. The Bertz CT molecular complexity index is 1210. The third-order valence-electron chi connectivity index (χ3n) is 5.77. The number of fused-ring (bicyclic) bond motifs is 1. The number of β-lactam (4-membered cyclic amide) rings is 1. The number of aryl methyl sites for hydroxylation is 1. The van der Waals surface area contributed by atoms with E-state index >= 15 is 0 Å². The molecule has 35 heavy (non-hydrogen) atoms. The van der Waals surface area contributed by atoms with Crippen LogP contribution >= 0.6 is 23.5 Å². The van der Waals surface area contributed by atoms with E-state index in [0.29, 0.717) is 16.7 Å². The molecule has 0 aliphatic carbocycles. The number of ether oxygens (including phenoxy) is 1. The first-order chi connectivity index (χ1) is 17.1. The summed E-state index contributed by atoms with van der Waals surface area (Å²) in [4.78, 5) is 27.9. The number of benzene rings is 2. The summed E-state index contributed by atoms with van der Waals surface area (Å²) in [6.45, 7) is 0. The standard InChI is InChI=1S/C23H22N6O4S2/c1-28-23(24-26-27-28)35-13-16-12-34-21-17(25-32)20(30)29(21)18(16)22(31)33-19(14-8-4-2-5-9-14)15-10-6-3-7-11-15/h2-11,17,19,21,25,32H,12-13H2,1H3/t17-,21+/m1/s1. The summed E-state index contributed by atoms with van der Waals surface area (Å²) >= 11 is 2.85.